The lowest BCUT2D eigenvalue weighted by molar-refractivity contribution is 0.0566. The van der Waals surface area contributed by atoms with Crippen LogP contribution in [0, 0.1) is 6.92 Å². The van der Waals surface area contributed by atoms with Crippen LogP contribution in [0.3, 0.4) is 0 Å². The number of aromatic nitrogens is 1. The van der Waals surface area contributed by atoms with Gasteiger partial charge in [-0.2, -0.15) is 0 Å². The highest BCUT2D eigenvalue weighted by atomic mass is 16.6. The summed E-state index contributed by atoms with van der Waals surface area (Å²) in [5, 5.41) is 3.28. The maximum Gasteiger partial charge on any atom is 0.409 e. The number of hydrogen-bond donors (Lipinski definition) is 1. The number of hydrogen-bond acceptors (Lipinski definition) is 5. The van der Waals surface area contributed by atoms with Gasteiger partial charge in [0.05, 0.1) is 18.5 Å². The van der Waals surface area contributed by atoms with E-state index < -0.39 is 0 Å². The van der Waals surface area contributed by atoms with Crippen molar-refractivity contribution in [2.75, 3.05) is 38.1 Å². The topological polar surface area (TPSA) is 74.8 Å². The molecule has 0 saturated carbocycles. The van der Waals surface area contributed by atoms with Crippen LogP contribution >= 0.6 is 0 Å². The Morgan fingerprint density at radius 2 is 1.81 bits per heavy atom. The zero-order chi connectivity index (χ0) is 19.2. The van der Waals surface area contributed by atoms with E-state index in [-0.39, 0.29) is 12.0 Å². The summed E-state index contributed by atoms with van der Waals surface area (Å²) >= 11 is 0. The monoisotopic (exact) mass is 368 g/mol. The van der Waals surface area contributed by atoms with E-state index in [4.69, 9.17) is 4.74 Å². The molecule has 1 aromatic carbocycles. The maximum atomic E-state index is 12.6. The Morgan fingerprint density at radius 3 is 2.44 bits per heavy atom. The smallest absolute Gasteiger partial charge is 0.409 e. The fraction of sp³-hybridized carbons (Fsp3) is 0.350. The molecule has 2 aromatic rings. The molecule has 1 aromatic heterocycles. The number of benzene rings is 1. The lowest BCUT2D eigenvalue weighted by Crippen LogP contribution is -2.50. The molecule has 1 saturated heterocycles. The summed E-state index contributed by atoms with van der Waals surface area (Å²) in [6.45, 7) is 6.05. The predicted octanol–water partition coefficient (Wildman–Crippen LogP) is 3.05. The molecular weight excluding hydrogens is 344 g/mol. The number of amides is 2. The third kappa shape index (κ3) is 4.75. The Morgan fingerprint density at radius 1 is 1.07 bits per heavy atom. The van der Waals surface area contributed by atoms with Gasteiger partial charge in [-0.1, -0.05) is 12.1 Å². The van der Waals surface area contributed by atoms with E-state index in [1.54, 1.807) is 29.0 Å². The molecule has 2 amide bonds. The summed E-state index contributed by atoms with van der Waals surface area (Å²) in [6, 6.07) is 11.6. The quantitative estimate of drug-likeness (QED) is 0.898. The molecule has 0 aliphatic carbocycles. The van der Waals surface area contributed by atoms with Crippen LogP contribution in [0.15, 0.2) is 42.6 Å². The SMILES string of the molecule is CCOC(=O)N1CCN(C(=O)c2ccc(Nc3cccc(C)c3)cn2)CC1. The summed E-state index contributed by atoms with van der Waals surface area (Å²) < 4.78 is 5.00. The number of carbonyl (C=O) groups excluding carboxylic acids is 2. The summed E-state index contributed by atoms with van der Waals surface area (Å²) in [5.74, 6) is -0.124. The standard InChI is InChI=1S/C20H24N4O3/c1-3-27-20(26)24-11-9-23(10-12-24)19(25)18-8-7-17(14-21-18)22-16-6-4-5-15(2)13-16/h4-8,13-14,22H,3,9-12H2,1-2H3. The van der Waals surface area contributed by atoms with E-state index in [0.717, 1.165) is 11.4 Å². The molecule has 0 radical (unpaired) electrons. The van der Waals surface area contributed by atoms with E-state index in [0.29, 0.717) is 38.5 Å². The number of rotatable bonds is 4. The molecule has 7 nitrogen and oxygen atoms in total. The molecule has 27 heavy (non-hydrogen) atoms. The van der Waals surface area contributed by atoms with Crippen molar-refractivity contribution in [3.05, 3.63) is 53.9 Å². The van der Waals surface area contributed by atoms with Crippen LogP contribution < -0.4 is 5.32 Å². The number of carbonyl (C=O) groups is 2. The molecular formula is C20H24N4O3. The lowest BCUT2D eigenvalue weighted by atomic mass is 10.2. The number of nitrogens with zero attached hydrogens (tertiary/aromatic N) is 3. The maximum absolute atomic E-state index is 12.6. The minimum absolute atomic E-state index is 0.124. The largest absolute Gasteiger partial charge is 0.450 e. The number of aryl methyl sites for hydroxylation is 1. The lowest BCUT2D eigenvalue weighted by Gasteiger charge is -2.33. The molecule has 7 heteroatoms. The van der Waals surface area contributed by atoms with E-state index in [1.165, 1.54) is 5.56 Å². The average molecular weight is 368 g/mol. The van der Waals surface area contributed by atoms with Crippen molar-refractivity contribution in [2.24, 2.45) is 0 Å². The number of pyridine rings is 1. The van der Waals surface area contributed by atoms with E-state index in [1.807, 2.05) is 37.3 Å². The molecule has 0 atom stereocenters. The normalized spacial score (nSPS) is 14.0. The van der Waals surface area contributed by atoms with Gasteiger partial charge >= 0.3 is 6.09 Å². The first-order valence-electron chi connectivity index (χ1n) is 9.07. The number of nitrogens with one attached hydrogen (secondary N) is 1. The Hall–Kier alpha value is -3.09. The van der Waals surface area contributed by atoms with E-state index >= 15 is 0 Å². The highest BCUT2D eigenvalue weighted by Crippen LogP contribution is 2.17. The molecule has 3 rings (SSSR count). The van der Waals surface area contributed by atoms with Gasteiger partial charge in [0.25, 0.3) is 5.91 Å². The number of ether oxygens (including phenoxy) is 1. The van der Waals surface area contributed by atoms with Crippen LogP contribution in [-0.4, -0.2) is 59.6 Å². The predicted molar refractivity (Wildman–Crippen MR) is 103 cm³/mol. The van der Waals surface area contributed by atoms with Gasteiger partial charge in [-0.05, 0) is 43.7 Å². The van der Waals surface area contributed by atoms with Crippen molar-refractivity contribution in [2.45, 2.75) is 13.8 Å². The third-order valence-electron chi connectivity index (χ3n) is 4.38. The fourth-order valence-electron chi connectivity index (χ4n) is 2.95. The van der Waals surface area contributed by atoms with Crippen LogP contribution in [0.2, 0.25) is 0 Å². The van der Waals surface area contributed by atoms with Gasteiger partial charge in [0.15, 0.2) is 0 Å². The molecule has 1 N–H and O–H groups in total. The first-order chi connectivity index (χ1) is 13.1. The van der Waals surface area contributed by atoms with Crippen molar-refractivity contribution >= 4 is 23.4 Å². The molecule has 1 aliphatic heterocycles. The van der Waals surface area contributed by atoms with Crippen LogP contribution in [0.25, 0.3) is 0 Å². The second-order valence-electron chi connectivity index (χ2n) is 6.40. The first-order valence-corrected chi connectivity index (χ1v) is 9.07. The van der Waals surface area contributed by atoms with Gasteiger partial charge in [-0.15, -0.1) is 0 Å². The van der Waals surface area contributed by atoms with Crippen molar-refractivity contribution in [1.82, 2.24) is 14.8 Å². The van der Waals surface area contributed by atoms with Gasteiger partial charge < -0.3 is 19.9 Å². The van der Waals surface area contributed by atoms with E-state index in [9.17, 15) is 9.59 Å². The van der Waals surface area contributed by atoms with Crippen LogP contribution in [0.4, 0.5) is 16.2 Å². The Bertz CT molecular complexity index is 799. The van der Waals surface area contributed by atoms with Gasteiger partial charge in [0, 0.05) is 31.9 Å². The first kappa shape index (κ1) is 18.7. The third-order valence-corrected chi connectivity index (χ3v) is 4.38. The zero-order valence-corrected chi connectivity index (χ0v) is 15.6. The van der Waals surface area contributed by atoms with Crippen LogP contribution in [0.5, 0.6) is 0 Å². The molecule has 142 valence electrons. The molecule has 1 fully saturated rings. The Labute approximate surface area is 158 Å². The summed E-state index contributed by atoms with van der Waals surface area (Å²) in [5.41, 5.74) is 3.37. The highest BCUT2D eigenvalue weighted by molar-refractivity contribution is 5.92. The average Bonchev–Trinajstić information content (AvgIpc) is 2.68. The number of anilines is 2. The van der Waals surface area contributed by atoms with Crippen LogP contribution in [0.1, 0.15) is 23.0 Å². The number of piperazine rings is 1. The zero-order valence-electron chi connectivity index (χ0n) is 15.6. The Kier molecular flexibility index (Phi) is 5.90. The van der Waals surface area contributed by atoms with E-state index in [2.05, 4.69) is 10.3 Å². The Balaban J connectivity index is 1.57. The summed E-state index contributed by atoms with van der Waals surface area (Å²) in [7, 11) is 0. The van der Waals surface area contributed by atoms with Gasteiger partial charge in [0.2, 0.25) is 0 Å². The molecule has 0 bridgehead atoms. The van der Waals surface area contributed by atoms with Gasteiger partial charge in [0.1, 0.15) is 5.69 Å². The minimum atomic E-state index is -0.325. The molecule has 0 unspecified atom stereocenters. The van der Waals surface area contributed by atoms with Crippen LogP contribution in [-0.2, 0) is 4.74 Å². The molecule has 2 heterocycles. The second kappa shape index (κ2) is 8.53. The van der Waals surface area contributed by atoms with Crippen molar-refractivity contribution in [3.8, 4) is 0 Å². The fourth-order valence-corrected chi connectivity index (χ4v) is 2.95. The van der Waals surface area contributed by atoms with Crippen molar-refractivity contribution in [1.29, 1.82) is 0 Å². The second-order valence-corrected chi connectivity index (χ2v) is 6.40. The van der Waals surface area contributed by atoms with Gasteiger partial charge in [-0.3, -0.25) is 4.79 Å². The summed E-state index contributed by atoms with van der Waals surface area (Å²) in [6.07, 6.45) is 1.33. The van der Waals surface area contributed by atoms with Gasteiger partial charge in [-0.25, -0.2) is 9.78 Å². The molecule has 1 aliphatic rings. The highest BCUT2D eigenvalue weighted by Gasteiger charge is 2.26. The minimum Gasteiger partial charge on any atom is -0.450 e. The summed E-state index contributed by atoms with van der Waals surface area (Å²) in [4.78, 5) is 32.0. The van der Waals surface area contributed by atoms with Crippen molar-refractivity contribution < 1.29 is 14.3 Å². The van der Waals surface area contributed by atoms with Crippen molar-refractivity contribution in [3.63, 3.8) is 0 Å². The molecule has 0 spiro atoms.